The first-order chi connectivity index (χ1) is 7.77. The van der Waals surface area contributed by atoms with Gasteiger partial charge in [-0.3, -0.25) is 0 Å². The molecule has 0 saturated heterocycles. The molecule has 0 aromatic carbocycles. The number of hydrogen-bond donors (Lipinski definition) is 1. The van der Waals surface area contributed by atoms with Crippen molar-refractivity contribution in [1.29, 1.82) is 0 Å². The molecule has 0 unspecified atom stereocenters. The van der Waals surface area contributed by atoms with Gasteiger partial charge in [0.25, 0.3) is 0 Å². The van der Waals surface area contributed by atoms with Gasteiger partial charge in [0.15, 0.2) is 0 Å². The van der Waals surface area contributed by atoms with Gasteiger partial charge in [-0.25, -0.2) is 0 Å². The number of rotatable bonds is 5. The van der Waals surface area contributed by atoms with E-state index in [9.17, 15) is 0 Å². The fraction of sp³-hybridized carbons (Fsp3) is 0.833. The van der Waals surface area contributed by atoms with E-state index in [1.54, 1.807) is 0 Å². The second-order valence-corrected chi connectivity index (χ2v) is 5.12. The SMILES string of the molecule is CC(C)CNCc1nncn1C1CCCC1. The lowest BCUT2D eigenvalue weighted by molar-refractivity contribution is 0.473. The van der Waals surface area contributed by atoms with E-state index in [1.807, 2.05) is 6.33 Å². The van der Waals surface area contributed by atoms with Crippen molar-refractivity contribution in [3.05, 3.63) is 12.2 Å². The van der Waals surface area contributed by atoms with Crippen LogP contribution in [0.1, 0.15) is 51.4 Å². The Hall–Kier alpha value is -0.900. The van der Waals surface area contributed by atoms with Gasteiger partial charge in [0.05, 0.1) is 6.54 Å². The summed E-state index contributed by atoms with van der Waals surface area (Å²) < 4.78 is 2.26. The van der Waals surface area contributed by atoms with Gasteiger partial charge in [-0.1, -0.05) is 26.7 Å². The van der Waals surface area contributed by atoms with Crippen LogP contribution in [0.4, 0.5) is 0 Å². The summed E-state index contributed by atoms with van der Waals surface area (Å²) in [4.78, 5) is 0. The van der Waals surface area contributed by atoms with E-state index in [0.717, 1.165) is 18.9 Å². The van der Waals surface area contributed by atoms with Crippen molar-refractivity contribution in [2.24, 2.45) is 5.92 Å². The van der Waals surface area contributed by atoms with Gasteiger partial charge in [-0.2, -0.15) is 0 Å². The topological polar surface area (TPSA) is 42.7 Å². The first-order valence-electron chi connectivity index (χ1n) is 6.36. The smallest absolute Gasteiger partial charge is 0.147 e. The minimum Gasteiger partial charge on any atom is -0.313 e. The van der Waals surface area contributed by atoms with Gasteiger partial charge < -0.3 is 9.88 Å². The number of nitrogens with one attached hydrogen (secondary N) is 1. The highest BCUT2D eigenvalue weighted by atomic mass is 15.3. The minimum atomic E-state index is 0.644. The lowest BCUT2D eigenvalue weighted by Gasteiger charge is -2.14. The third kappa shape index (κ3) is 2.82. The maximum absolute atomic E-state index is 4.21. The summed E-state index contributed by atoms with van der Waals surface area (Å²) in [5.41, 5.74) is 0. The third-order valence-corrected chi connectivity index (χ3v) is 3.20. The quantitative estimate of drug-likeness (QED) is 0.830. The van der Waals surface area contributed by atoms with E-state index in [-0.39, 0.29) is 0 Å². The van der Waals surface area contributed by atoms with E-state index in [1.165, 1.54) is 25.7 Å². The second-order valence-electron chi connectivity index (χ2n) is 5.12. The Morgan fingerprint density at radius 1 is 1.44 bits per heavy atom. The fourth-order valence-electron chi connectivity index (χ4n) is 2.35. The van der Waals surface area contributed by atoms with Gasteiger partial charge >= 0.3 is 0 Å². The number of nitrogens with zero attached hydrogens (tertiary/aromatic N) is 3. The van der Waals surface area contributed by atoms with Crippen LogP contribution in [0.25, 0.3) is 0 Å². The maximum atomic E-state index is 4.21. The lowest BCUT2D eigenvalue weighted by atomic mass is 10.2. The molecule has 0 bridgehead atoms. The molecular formula is C12H22N4. The van der Waals surface area contributed by atoms with Crippen LogP contribution in [-0.2, 0) is 6.54 Å². The normalized spacial score (nSPS) is 17.4. The average Bonchev–Trinajstić information content (AvgIpc) is 2.84. The van der Waals surface area contributed by atoms with E-state index in [4.69, 9.17) is 0 Å². The predicted octanol–water partition coefficient (Wildman–Crippen LogP) is 2.14. The monoisotopic (exact) mass is 222 g/mol. The average molecular weight is 222 g/mol. The Kier molecular flexibility index (Phi) is 3.93. The Morgan fingerprint density at radius 2 is 2.19 bits per heavy atom. The van der Waals surface area contributed by atoms with Gasteiger partial charge in [-0.15, -0.1) is 10.2 Å². The molecule has 1 aromatic heterocycles. The summed E-state index contributed by atoms with van der Waals surface area (Å²) in [7, 11) is 0. The molecular weight excluding hydrogens is 200 g/mol. The number of aromatic nitrogens is 3. The van der Waals surface area contributed by atoms with E-state index in [2.05, 4.69) is 33.9 Å². The molecule has 1 saturated carbocycles. The minimum absolute atomic E-state index is 0.644. The zero-order chi connectivity index (χ0) is 11.4. The summed E-state index contributed by atoms with van der Waals surface area (Å²) >= 11 is 0. The Labute approximate surface area is 97.5 Å². The highest BCUT2D eigenvalue weighted by molar-refractivity contribution is 4.90. The molecule has 1 aliphatic carbocycles. The first-order valence-corrected chi connectivity index (χ1v) is 6.36. The summed E-state index contributed by atoms with van der Waals surface area (Å²) in [6, 6.07) is 0.644. The molecule has 2 rings (SSSR count). The molecule has 0 spiro atoms. The summed E-state index contributed by atoms with van der Waals surface area (Å²) in [5.74, 6) is 1.77. The largest absolute Gasteiger partial charge is 0.313 e. The molecule has 4 heteroatoms. The van der Waals surface area contributed by atoms with Gasteiger partial charge in [0.1, 0.15) is 12.2 Å². The molecule has 16 heavy (non-hydrogen) atoms. The van der Waals surface area contributed by atoms with E-state index in [0.29, 0.717) is 12.0 Å². The Morgan fingerprint density at radius 3 is 2.88 bits per heavy atom. The highest BCUT2D eigenvalue weighted by Crippen LogP contribution is 2.29. The Bertz CT molecular complexity index is 313. The van der Waals surface area contributed by atoms with E-state index >= 15 is 0 Å². The highest BCUT2D eigenvalue weighted by Gasteiger charge is 2.19. The van der Waals surface area contributed by atoms with Crippen LogP contribution < -0.4 is 5.32 Å². The van der Waals surface area contributed by atoms with Crippen molar-refractivity contribution in [2.75, 3.05) is 6.54 Å². The Balaban J connectivity index is 1.91. The maximum Gasteiger partial charge on any atom is 0.147 e. The zero-order valence-electron chi connectivity index (χ0n) is 10.3. The van der Waals surface area contributed by atoms with Crippen molar-refractivity contribution in [3.8, 4) is 0 Å². The van der Waals surface area contributed by atoms with Gasteiger partial charge in [0, 0.05) is 6.04 Å². The van der Waals surface area contributed by atoms with Crippen molar-refractivity contribution < 1.29 is 0 Å². The molecule has 0 aliphatic heterocycles. The molecule has 0 atom stereocenters. The van der Waals surface area contributed by atoms with Crippen LogP contribution >= 0.6 is 0 Å². The fourth-order valence-corrected chi connectivity index (χ4v) is 2.35. The summed E-state index contributed by atoms with van der Waals surface area (Å²) in [5, 5.41) is 11.7. The van der Waals surface area contributed by atoms with Crippen LogP contribution in [0.2, 0.25) is 0 Å². The van der Waals surface area contributed by atoms with Crippen LogP contribution in [-0.4, -0.2) is 21.3 Å². The zero-order valence-corrected chi connectivity index (χ0v) is 10.3. The van der Waals surface area contributed by atoms with Crippen molar-refractivity contribution in [3.63, 3.8) is 0 Å². The molecule has 1 aromatic rings. The van der Waals surface area contributed by atoms with E-state index < -0.39 is 0 Å². The van der Waals surface area contributed by atoms with Crippen LogP contribution in [0.3, 0.4) is 0 Å². The molecule has 0 radical (unpaired) electrons. The molecule has 1 fully saturated rings. The van der Waals surface area contributed by atoms with Crippen LogP contribution in [0.15, 0.2) is 6.33 Å². The molecule has 0 amide bonds. The first kappa shape index (κ1) is 11.6. The molecule has 4 nitrogen and oxygen atoms in total. The third-order valence-electron chi connectivity index (χ3n) is 3.20. The van der Waals surface area contributed by atoms with Crippen molar-refractivity contribution in [1.82, 2.24) is 20.1 Å². The van der Waals surface area contributed by atoms with Crippen molar-refractivity contribution >= 4 is 0 Å². The van der Waals surface area contributed by atoms with Crippen LogP contribution in [0.5, 0.6) is 0 Å². The summed E-state index contributed by atoms with van der Waals surface area (Å²) in [6.45, 7) is 6.32. The molecule has 1 N–H and O–H groups in total. The number of hydrogen-bond acceptors (Lipinski definition) is 3. The molecule has 1 aliphatic rings. The second kappa shape index (κ2) is 5.43. The van der Waals surface area contributed by atoms with Crippen LogP contribution in [0, 0.1) is 5.92 Å². The van der Waals surface area contributed by atoms with Crippen molar-refractivity contribution in [2.45, 2.75) is 52.1 Å². The molecule has 90 valence electrons. The molecule has 1 heterocycles. The lowest BCUT2D eigenvalue weighted by Crippen LogP contribution is -2.22. The standard InChI is InChI=1S/C12H22N4/c1-10(2)7-13-8-12-15-14-9-16(12)11-5-3-4-6-11/h9-11,13H,3-8H2,1-2H3. The van der Waals surface area contributed by atoms with Gasteiger partial charge in [0.2, 0.25) is 0 Å². The van der Waals surface area contributed by atoms with Gasteiger partial charge in [-0.05, 0) is 25.3 Å². The predicted molar refractivity (Wildman–Crippen MR) is 64.1 cm³/mol. The summed E-state index contributed by atoms with van der Waals surface area (Å²) in [6.07, 6.45) is 7.16.